The largest absolute Gasteiger partial charge is 0.398 e. The van der Waals surface area contributed by atoms with Gasteiger partial charge in [0.05, 0.1) is 5.69 Å². The number of nitrogen functional groups attached to an aromatic ring is 1. The van der Waals surface area contributed by atoms with Gasteiger partial charge in [-0.25, -0.2) is 9.97 Å². The van der Waals surface area contributed by atoms with E-state index >= 15 is 0 Å². The molecule has 1 aliphatic rings. The number of nitrogens with zero attached hydrogens (tertiary/aromatic N) is 4. The van der Waals surface area contributed by atoms with Gasteiger partial charge in [-0.3, -0.25) is 0 Å². The van der Waals surface area contributed by atoms with Gasteiger partial charge >= 0.3 is 0 Å². The Morgan fingerprint density at radius 2 is 1.67 bits per heavy atom. The quantitative estimate of drug-likeness (QED) is 0.845. The molecule has 1 aromatic carbocycles. The molecular weight excluding hydrogens is 330 g/mol. The Kier molecular flexibility index (Phi) is 3.96. The van der Waals surface area contributed by atoms with Crippen molar-refractivity contribution < 1.29 is 0 Å². The molecule has 2 aromatic rings. The Hall–Kier alpha value is -1.82. The molecule has 0 aliphatic carbocycles. The first-order valence-electron chi connectivity index (χ1n) is 6.97. The van der Waals surface area contributed by atoms with Gasteiger partial charge < -0.3 is 15.5 Å². The topological polar surface area (TPSA) is 58.3 Å². The standard InChI is InChI=1S/C15H18BrN5/c1-11-9-14(12(16)10-13(11)17)20-5-7-21(8-6-20)15-18-3-2-4-19-15/h2-4,9-10H,5-8,17H2,1H3. The van der Waals surface area contributed by atoms with E-state index in [0.29, 0.717) is 0 Å². The monoisotopic (exact) mass is 347 g/mol. The van der Waals surface area contributed by atoms with Crippen LogP contribution in [0.2, 0.25) is 0 Å². The lowest BCUT2D eigenvalue weighted by Gasteiger charge is -2.36. The van der Waals surface area contributed by atoms with Crippen LogP contribution in [0.5, 0.6) is 0 Å². The number of nitrogens with two attached hydrogens (primary N) is 1. The van der Waals surface area contributed by atoms with Crippen molar-refractivity contribution >= 4 is 33.3 Å². The van der Waals surface area contributed by atoms with Crippen molar-refractivity contribution in [1.29, 1.82) is 0 Å². The molecule has 2 heterocycles. The van der Waals surface area contributed by atoms with E-state index in [1.165, 1.54) is 5.69 Å². The summed E-state index contributed by atoms with van der Waals surface area (Å²) in [7, 11) is 0. The molecule has 0 unspecified atom stereocenters. The second-order valence-electron chi connectivity index (χ2n) is 5.18. The predicted molar refractivity (Wildman–Crippen MR) is 89.7 cm³/mol. The minimum atomic E-state index is 0.810. The first-order valence-corrected chi connectivity index (χ1v) is 7.77. The maximum absolute atomic E-state index is 5.94. The second-order valence-corrected chi connectivity index (χ2v) is 6.04. The molecule has 1 aromatic heterocycles. The molecule has 1 saturated heterocycles. The van der Waals surface area contributed by atoms with Gasteiger partial charge in [0.15, 0.2) is 0 Å². The molecule has 0 spiro atoms. The molecule has 6 heteroatoms. The third-order valence-corrected chi connectivity index (χ3v) is 4.43. The van der Waals surface area contributed by atoms with Crippen LogP contribution in [0.15, 0.2) is 35.1 Å². The van der Waals surface area contributed by atoms with Gasteiger partial charge in [0.25, 0.3) is 0 Å². The maximum atomic E-state index is 5.94. The van der Waals surface area contributed by atoms with E-state index < -0.39 is 0 Å². The number of aryl methyl sites for hydroxylation is 1. The smallest absolute Gasteiger partial charge is 0.225 e. The van der Waals surface area contributed by atoms with Crippen molar-refractivity contribution in [2.45, 2.75) is 6.92 Å². The number of piperazine rings is 1. The Balaban J connectivity index is 1.73. The van der Waals surface area contributed by atoms with Crippen LogP contribution >= 0.6 is 15.9 Å². The number of aromatic nitrogens is 2. The van der Waals surface area contributed by atoms with Gasteiger partial charge in [-0.15, -0.1) is 0 Å². The van der Waals surface area contributed by atoms with Gasteiger partial charge in [-0.2, -0.15) is 0 Å². The molecule has 0 bridgehead atoms. The summed E-state index contributed by atoms with van der Waals surface area (Å²) in [6.45, 7) is 5.76. The Morgan fingerprint density at radius 3 is 2.33 bits per heavy atom. The lowest BCUT2D eigenvalue weighted by atomic mass is 10.1. The summed E-state index contributed by atoms with van der Waals surface area (Å²) < 4.78 is 1.05. The number of benzene rings is 1. The van der Waals surface area contributed by atoms with E-state index in [1.54, 1.807) is 12.4 Å². The van der Waals surface area contributed by atoms with Crippen molar-refractivity contribution in [3.63, 3.8) is 0 Å². The molecule has 110 valence electrons. The highest BCUT2D eigenvalue weighted by atomic mass is 79.9. The number of rotatable bonds is 2. The van der Waals surface area contributed by atoms with Gasteiger partial charge in [0.1, 0.15) is 0 Å². The van der Waals surface area contributed by atoms with Gasteiger partial charge in [-0.1, -0.05) is 0 Å². The lowest BCUT2D eigenvalue weighted by molar-refractivity contribution is 0.639. The molecule has 0 atom stereocenters. The zero-order chi connectivity index (χ0) is 14.8. The summed E-state index contributed by atoms with van der Waals surface area (Å²) in [5, 5.41) is 0. The van der Waals surface area contributed by atoms with E-state index in [1.807, 2.05) is 19.1 Å². The zero-order valence-electron chi connectivity index (χ0n) is 12.0. The van der Waals surface area contributed by atoms with Gasteiger partial charge in [0, 0.05) is 48.7 Å². The van der Waals surface area contributed by atoms with Crippen molar-refractivity contribution in [1.82, 2.24) is 9.97 Å². The Bertz CT molecular complexity index is 623. The SMILES string of the molecule is Cc1cc(N2CCN(c3ncccn3)CC2)c(Br)cc1N. The Labute approximate surface area is 132 Å². The molecule has 0 saturated carbocycles. The molecule has 1 fully saturated rings. The van der Waals surface area contributed by atoms with Crippen LogP contribution in [0, 0.1) is 6.92 Å². The summed E-state index contributed by atoms with van der Waals surface area (Å²) in [5.74, 6) is 0.810. The van der Waals surface area contributed by atoms with Crippen molar-refractivity contribution in [2.75, 3.05) is 41.7 Å². The number of hydrogen-bond donors (Lipinski definition) is 1. The number of anilines is 3. The van der Waals surface area contributed by atoms with Crippen molar-refractivity contribution in [3.8, 4) is 0 Å². The van der Waals surface area contributed by atoms with Gasteiger partial charge in [0.2, 0.25) is 5.95 Å². The zero-order valence-corrected chi connectivity index (χ0v) is 13.5. The first-order chi connectivity index (χ1) is 10.1. The van der Waals surface area contributed by atoms with Crippen LogP contribution < -0.4 is 15.5 Å². The fourth-order valence-electron chi connectivity index (χ4n) is 2.53. The van der Waals surface area contributed by atoms with E-state index in [-0.39, 0.29) is 0 Å². The number of halogens is 1. The number of hydrogen-bond acceptors (Lipinski definition) is 5. The second kappa shape index (κ2) is 5.89. The van der Waals surface area contributed by atoms with E-state index in [9.17, 15) is 0 Å². The maximum Gasteiger partial charge on any atom is 0.225 e. The third-order valence-electron chi connectivity index (χ3n) is 3.79. The van der Waals surface area contributed by atoms with Crippen LogP contribution in [0.25, 0.3) is 0 Å². The molecule has 0 radical (unpaired) electrons. The summed E-state index contributed by atoms with van der Waals surface area (Å²) in [5.41, 5.74) is 9.08. The highest BCUT2D eigenvalue weighted by Gasteiger charge is 2.20. The van der Waals surface area contributed by atoms with E-state index in [0.717, 1.165) is 47.9 Å². The van der Waals surface area contributed by atoms with Crippen molar-refractivity contribution in [3.05, 3.63) is 40.6 Å². The van der Waals surface area contributed by atoms with Gasteiger partial charge in [-0.05, 0) is 46.6 Å². The van der Waals surface area contributed by atoms with Crippen LogP contribution in [0.4, 0.5) is 17.3 Å². The molecule has 5 nitrogen and oxygen atoms in total. The highest BCUT2D eigenvalue weighted by molar-refractivity contribution is 9.10. The first kappa shape index (κ1) is 14.1. The molecule has 21 heavy (non-hydrogen) atoms. The van der Waals surface area contributed by atoms with Crippen LogP contribution in [0.3, 0.4) is 0 Å². The molecular formula is C15H18BrN5. The fourth-order valence-corrected chi connectivity index (χ4v) is 3.14. The van der Waals surface area contributed by atoms with Crippen LogP contribution in [-0.4, -0.2) is 36.1 Å². The van der Waals surface area contributed by atoms with Crippen LogP contribution in [-0.2, 0) is 0 Å². The molecule has 0 amide bonds. The summed E-state index contributed by atoms with van der Waals surface area (Å²) >= 11 is 3.62. The van der Waals surface area contributed by atoms with Crippen molar-refractivity contribution in [2.24, 2.45) is 0 Å². The average molecular weight is 348 g/mol. The highest BCUT2D eigenvalue weighted by Crippen LogP contribution is 2.31. The molecule has 3 rings (SSSR count). The minimum Gasteiger partial charge on any atom is -0.398 e. The van der Waals surface area contributed by atoms with E-state index in [4.69, 9.17) is 5.73 Å². The predicted octanol–water partition coefficient (Wildman–Crippen LogP) is 2.46. The normalized spacial score (nSPS) is 15.3. The molecule has 2 N–H and O–H groups in total. The third kappa shape index (κ3) is 2.95. The fraction of sp³-hybridized carbons (Fsp3) is 0.333. The lowest BCUT2D eigenvalue weighted by Crippen LogP contribution is -2.47. The van der Waals surface area contributed by atoms with Crippen LogP contribution in [0.1, 0.15) is 5.56 Å². The minimum absolute atomic E-state index is 0.810. The van der Waals surface area contributed by atoms with E-state index in [2.05, 4.69) is 41.8 Å². The average Bonchev–Trinajstić information content (AvgIpc) is 2.52. The summed E-state index contributed by atoms with van der Waals surface area (Å²) in [6.07, 6.45) is 3.57. The summed E-state index contributed by atoms with van der Waals surface area (Å²) in [6, 6.07) is 5.97. The Morgan fingerprint density at radius 1 is 1.05 bits per heavy atom. The summed E-state index contributed by atoms with van der Waals surface area (Å²) in [4.78, 5) is 13.2. The molecule has 1 aliphatic heterocycles.